The molecule has 3 heteroatoms. The van der Waals surface area contributed by atoms with E-state index in [2.05, 4.69) is 9.97 Å². The highest BCUT2D eigenvalue weighted by molar-refractivity contribution is 5.80. The summed E-state index contributed by atoms with van der Waals surface area (Å²) in [6.07, 6.45) is 1.50. The zero-order valence-corrected chi connectivity index (χ0v) is 10.4. The van der Waals surface area contributed by atoms with Crippen molar-refractivity contribution in [1.29, 1.82) is 0 Å². The largest absolute Gasteiger partial charge is 0.388 e. The number of aliphatic hydroxyl groups is 1. The van der Waals surface area contributed by atoms with Crippen molar-refractivity contribution in [3.05, 3.63) is 72.2 Å². The number of hydrogen-bond acceptors (Lipinski definition) is 3. The first kappa shape index (κ1) is 11.8. The van der Waals surface area contributed by atoms with Gasteiger partial charge in [-0.1, -0.05) is 48.5 Å². The molecule has 0 radical (unpaired) electrons. The number of aromatic nitrogens is 2. The highest BCUT2D eigenvalue weighted by atomic mass is 16.3. The Morgan fingerprint density at radius 1 is 0.895 bits per heavy atom. The van der Waals surface area contributed by atoms with Crippen LogP contribution in [0.4, 0.5) is 0 Å². The van der Waals surface area contributed by atoms with Crippen molar-refractivity contribution in [2.75, 3.05) is 0 Å². The highest BCUT2D eigenvalue weighted by Crippen LogP contribution is 2.21. The maximum atomic E-state index is 10.3. The minimum Gasteiger partial charge on any atom is -0.388 e. The summed E-state index contributed by atoms with van der Waals surface area (Å²) in [6, 6.07) is 17.5. The van der Waals surface area contributed by atoms with Crippen molar-refractivity contribution in [2.45, 2.75) is 12.5 Å². The molecule has 0 spiro atoms. The van der Waals surface area contributed by atoms with Crippen LogP contribution >= 0.6 is 0 Å². The van der Waals surface area contributed by atoms with Gasteiger partial charge in [0.05, 0.1) is 17.3 Å². The maximum Gasteiger partial charge on any atom is 0.116 e. The highest BCUT2D eigenvalue weighted by Gasteiger charge is 2.11. The van der Waals surface area contributed by atoms with E-state index in [4.69, 9.17) is 0 Å². The van der Waals surface area contributed by atoms with E-state index in [1.54, 1.807) is 6.33 Å². The van der Waals surface area contributed by atoms with Gasteiger partial charge in [0.25, 0.3) is 0 Å². The molecule has 1 aromatic heterocycles. The Morgan fingerprint density at radius 2 is 1.63 bits per heavy atom. The molecule has 2 aromatic carbocycles. The Hall–Kier alpha value is -2.26. The van der Waals surface area contributed by atoms with E-state index in [1.807, 2.05) is 54.6 Å². The van der Waals surface area contributed by atoms with Gasteiger partial charge in [-0.3, -0.25) is 0 Å². The maximum absolute atomic E-state index is 10.3. The van der Waals surface area contributed by atoms with Crippen molar-refractivity contribution in [3.8, 4) is 0 Å². The van der Waals surface area contributed by atoms with Gasteiger partial charge in [-0.15, -0.1) is 0 Å². The number of hydrogen-bond donors (Lipinski definition) is 1. The zero-order chi connectivity index (χ0) is 13.1. The number of para-hydroxylation sites is 1. The Bertz CT molecular complexity index is 677. The second-order valence-corrected chi connectivity index (χ2v) is 4.47. The third kappa shape index (κ3) is 2.46. The van der Waals surface area contributed by atoms with Crippen LogP contribution in [0.2, 0.25) is 0 Å². The molecule has 3 aromatic rings. The molecule has 1 N–H and O–H groups in total. The van der Waals surface area contributed by atoms with Gasteiger partial charge in [0.2, 0.25) is 0 Å². The first-order valence-corrected chi connectivity index (χ1v) is 6.26. The van der Waals surface area contributed by atoms with E-state index in [1.165, 1.54) is 0 Å². The lowest BCUT2D eigenvalue weighted by Gasteiger charge is -2.11. The minimum atomic E-state index is -0.542. The summed E-state index contributed by atoms with van der Waals surface area (Å²) in [7, 11) is 0. The Kier molecular flexibility index (Phi) is 3.21. The van der Waals surface area contributed by atoms with Gasteiger partial charge in [0.15, 0.2) is 0 Å². The van der Waals surface area contributed by atoms with Gasteiger partial charge >= 0.3 is 0 Å². The SMILES string of the molecule is OC(Cc1ncnc2ccccc12)c1ccccc1. The quantitative estimate of drug-likeness (QED) is 0.777. The van der Waals surface area contributed by atoms with Crippen molar-refractivity contribution in [3.63, 3.8) is 0 Å². The number of aliphatic hydroxyl groups excluding tert-OH is 1. The number of rotatable bonds is 3. The topological polar surface area (TPSA) is 46.0 Å². The van der Waals surface area contributed by atoms with Crippen LogP contribution in [0.3, 0.4) is 0 Å². The monoisotopic (exact) mass is 250 g/mol. The summed E-state index contributed by atoms with van der Waals surface area (Å²) in [6.45, 7) is 0. The van der Waals surface area contributed by atoms with Crippen LogP contribution in [-0.2, 0) is 6.42 Å². The summed E-state index contributed by atoms with van der Waals surface area (Å²) < 4.78 is 0. The Labute approximate surface area is 111 Å². The molecule has 94 valence electrons. The summed E-state index contributed by atoms with van der Waals surface area (Å²) in [4.78, 5) is 8.53. The Morgan fingerprint density at radius 3 is 2.47 bits per heavy atom. The second kappa shape index (κ2) is 5.16. The third-order valence-electron chi connectivity index (χ3n) is 3.20. The van der Waals surface area contributed by atoms with Crippen LogP contribution < -0.4 is 0 Å². The lowest BCUT2D eigenvalue weighted by molar-refractivity contribution is 0.177. The summed E-state index contributed by atoms with van der Waals surface area (Å²) >= 11 is 0. The fourth-order valence-electron chi connectivity index (χ4n) is 2.20. The zero-order valence-electron chi connectivity index (χ0n) is 10.4. The molecular formula is C16H14N2O. The van der Waals surface area contributed by atoms with Gasteiger partial charge in [-0.05, 0) is 11.6 Å². The fraction of sp³-hybridized carbons (Fsp3) is 0.125. The van der Waals surface area contributed by atoms with Gasteiger partial charge in [-0.2, -0.15) is 0 Å². The van der Waals surface area contributed by atoms with E-state index >= 15 is 0 Å². The number of fused-ring (bicyclic) bond motifs is 1. The average Bonchev–Trinajstić information content (AvgIpc) is 2.48. The van der Waals surface area contributed by atoms with Crippen LogP contribution in [0.5, 0.6) is 0 Å². The molecule has 3 rings (SSSR count). The van der Waals surface area contributed by atoms with Gasteiger partial charge < -0.3 is 5.11 Å². The molecule has 0 bridgehead atoms. The first-order chi connectivity index (χ1) is 9.34. The predicted octanol–water partition coefficient (Wildman–Crippen LogP) is 2.91. The molecule has 1 atom stereocenters. The van der Waals surface area contributed by atoms with Crippen molar-refractivity contribution in [2.24, 2.45) is 0 Å². The lowest BCUT2D eigenvalue weighted by atomic mass is 10.0. The molecule has 0 fully saturated rings. The predicted molar refractivity (Wildman–Crippen MR) is 74.6 cm³/mol. The molecule has 0 saturated heterocycles. The van der Waals surface area contributed by atoms with E-state index in [0.717, 1.165) is 22.2 Å². The van der Waals surface area contributed by atoms with Crippen LogP contribution in [0, 0.1) is 0 Å². The van der Waals surface area contributed by atoms with Gasteiger partial charge in [-0.25, -0.2) is 9.97 Å². The van der Waals surface area contributed by atoms with Gasteiger partial charge in [0.1, 0.15) is 6.33 Å². The van der Waals surface area contributed by atoms with E-state index in [9.17, 15) is 5.11 Å². The Balaban J connectivity index is 1.94. The van der Waals surface area contributed by atoms with Crippen LogP contribution in [0.1, 0.15) is 17.4 Å². The van der Waals surface area contributed by atoms with E-state index < -0.39 is 6.10 Å². The average molecular weight is 250 g/mol. The first-order valence-electron chi connectivity index (χ1n) is 6.26. The molecule has 0 aliphatic carbocycles. The van der Waals surface area contributed by atoms with Crippen LogP contribution in [-0.4, -0.2) is 15.1 Å². The standard InChI is InChI=1S/C16H14N2O/c19-16(12-6-2-1-3-7-12)10-15-13-8-4-5-9-14(13)17-11-18-15/h1-9,11,16,19H,10H2. The minimum absolute atomic E-state index is 0.493. The summed E-state index contributed by atoms with van der Waals surface area (Å²) in [5.41, 5.74) is 2.69. The van der Waals surface area contributed by atoms with Crippen LogP contribution in [0.25, 0.3) is 10.9 Å². The van der Waals surface area contributed by atoms with E-state index in [0.29, 0.717) is 6.42 Å². The van der Waals surface area contributed by atoms with Crippen molar-refractivity contribution < 1.29 is 5.11 Å². The van der Waals surface area contributed by atoms with E-state index in [-0.39, 0.29) is 0 Å². The molecule has 0 amide bonds. The second-order valence-electron chi connectivity index (χ2n) is 4.47. The summed E-state index contributed by atoms with van der Waals surface area (Å²) in [5.74, 6) is 0. The lowest BCUT2D eigenvalue weighted by Crippen LogP contribution is -2.04. The normalized spacial score (nSPS) is 12.5. The molecule has 0 saturated carbocycles. The number of benzene rings is 2. The van der Waals surface area contributed by atoms with Crippen molar-refractivity contribution >= 4 is 10.9 Å². The third-order valence-corrected chi connectivity index (χ3v) is 3.20. The van der Waals surface area contributed by atoms with Gasteiger partial charge in [0, 0.05) is 11.8 Å². The molecule has 19 heavy (non-hydrogen) atoms. The van der Waals surface area contributed by atoms with Crippen LogP contribution in [0.15, 0.2) is 60.9 Å². The molecule has 0 aliphatic rings. The molecule has 1 heterocycles. The molecule has 0 aliphatic heterocycles. The smallest absolute Gasteiger partial charge is 0.116 e. The van der Waals surface area contributed by atoms with Crippen molar-refractivity contribution in [1.82, 2.24) is 9.97 Å². The fourth-order valence-corrected chi connectivity index (χ4v) is 2.20. The molecular weight excluding hydrogens is 236 g/mol. The molecule has 1 unspecified atom stereocenters. The number of nitrogens with zero attached hydrogens (tertiary/aromatic N) is 2. The summed E-state index contributed by atoms with van der Waals surface area (Å²) in [5, 5.41) is 11.3. The molecule has 3 nitrogen and oxygen atoms in total.